The van der Waals surface area contributed by atoms with Crippen LogP contribution in [-0.2, 0) is 4.79 Å². The number of amides is 1. The summed E-state index contributed by atoms with van der Waals surface area (Å²) in [4.78, 5) is 12.7. The highest BCUT2D eigenvalue weighted by Gasteiger charge is 2.38. The highest BCUT2D eigenvalue weighted by atomic mass is 16.2. The number of nitrogens with zero attached hydrogens (tertiary/aromatic N) is 1. The van der Waals surface area contributed by atoms with Crippen LogP contribution in [0.3, 0.4) is 0 Å². The first-order valence-electron chi connectivity index (χ1n) is 4.01. The van der Waals surface area contributed by atoms with Crippen molar-refractivity contribution in [3.05, 3.63) is 0 Å². The van der Waals surface area contributed by atoms with E-state index >= 15 is 0 Å². The second-order valence-corrected chi connectivity index (χ2v) is 3.76. The number of carbonyl (C=O) groups is 1. The summed E-state index contributed by atoms with van der Waals surface area (Å²) in [7, 11) is 1.82. The van der Waals surface area contributed by atoms with E-state index in [0.29, 0.717) is 5.41 Å². The maximum atomic E-state index is 11.0. The molecular formula is C8H16N2O. The van der Waals surface area contributed by atoms with Gasteiger partial charge in [-0.25, -0.2) is 0 Å². The molecule has 0 saturated heterocycles. The van der Waals surface area contributed by atoms with Crippen LogP contribution >= 0.6 is 0 Å². The van der Waals surface area contributed by atoms with Crippen molar-refractivity contribution in [2.45, 2.75) is 19.8 Å². The van der Waals surface area contributed by atoms with Crippen LogP contribution in [0, 0.1) is 5.41 Å². The van der Waals surface area contributed by atoms with E-state index in [9.17, 15) is 4.79 Å². The summed E-state index contributed by atoms with van der Waals surface area (Å²) in [6, 6.07) is 0. The highest BCUT2D eigenvalue weighted by molar-refractivity contribution is 5.77. The second kappa shape index (κ2) is 2.81. The Morgan fingerprint density at radius 2 is 2.18 bits per heavy atom. The van der Waals surface area contributed by atoms with E-state index in [1.807, 2.05) is 7.05 Å². The second-order valence-electron chi connectivity index (χ2n) is 3.76. The third-order valence-corrected chi connectivity index (χ3v) is 2.32. The van der Waals surface area contributed by atoms with Gasteiger partial charge in [0.05, 0.1) is 6.54 Å². The third kappa shape index (κ3) is 2.19. The zero-order valence-electron chi connectivity index (χ0n) is 7.26. The van der Waals surface area contributed by atoms with Crippen molar-refractivity contribution in [2.24, 2.45) is 11.1 Å². The number of hydrogen-bond acceptors (Lipinski definition) is 2. The van der Waals surface area contributed by atoms with Crippen LogP contribution in [0.1, 0.15) is 19.8 Å². The average Bonchev–Trinajstić information content (AvgIpc) is 2.66. The lowest BCUT2D eigenvalue weighted by atomic mass is 10.1. The zero-order chi connectivity index (χ0) is 8.48. The van der Waals surface area contributed by atoms with E-state index in [1.54, 1.807) is 4.90 Å². The largest absolute Gasteiger partial charge is 0.344 e. The van der Waals surface area contributed by atoms with Gasteiger partial charge in [-0.1, -0.05) is 6.92 Å². The molecule has 64 valence electrons. The summed E-state index contributed by atoms with van der Waals surface area (Å²) in [5.41, 5.74) is 5.62. The van der Waals surface area contributed by atoms with Gasteiger partial charge in [-0.05, 0) is 18.3 Å². The van der Waals surface area contributed by atoms with Crippen LogP contribution in [-0.4, -0.2) is 30.9 Å². The Bertz CT molecular complexity index is 163. The van der Waals surface area contributed by atoms with Crippen molar-refractivity contribution in [3.8, 4) is 0 Å². The molecule has 0 bridgehead atoms. The molecule has 0 spiro atoms. The molecule has 1 rings (SSSR count). The minimum Gasteiger partial charge on any atom is -0.344 e. The summed E-state index contributed by atoms with van der Waals surface area (Å²) in [6.45, 7) is 3.20. The average molecular weight is 156 g/mol. The molecule has 1 aliphatic rings. The normalized spacial score (nSPS) is 19.5. The minimum atomic E-state index is 0.0399. The number of carbonyl (C=O) groups excluding carboxylic acids is 1. The van der Waals surface area contributed by atoms with Crippen LogP contribution in [0.2, 0.25) is 0 Å². The zero-order valence-corrected chi connectivity index (χ0v) is 7.26. The summed E-state index contributed by atoms with van der Waals surface area (Å²) >= 11 is 0. The predicted octanol–water partition coefficient (Wildman–Crippen LogP) is 0.204. The molecule has 2 N–H and O–H groups in total. The van der Waals surface area contributed by atoms with E-state index in [1.165, 1.54) is 12.8 Å². The molecular weight excluding hydrogens is 140 g/mol. The number of hydrogen-bond donors (Lipinski definition) is 1. The van der Waals surface area contributed by atoms with Crippen LogP contribution in [0.25, 0.3) is 0 Å². The van der Waals surface area contributed by atoms with E-state index in [-0.39, 0.29) is 12.5 Å². The third-order valence-electron chi connectivity index (χ3n) is 2.32. The Morgan fingerprint density at radius 1 is 1.64 bits per heavy atom. The van der Waals surface area contributed by atoms with E-state index in [4.69, 9.17) is 5.73 Å². The lowest BCUT2D eigenvalue weighted by molar-refractivity contribution is -0.129. The van der Waals surface area contributed by atoms with E-state index in [0.717, 1.165) is 6.54 Å². The molecule has 0 radical (unpaired) electrons. The molecule has 1 saturated carbocycles. The van der Waals surface area contributed by atoms with Gasteiger partial charge in [0.25, 0.3) is 0 Å². The minimum absolute atomic E-state index is 0.0399. The van der Waals surface area contributed by atoms with Gasteiger partial charge in [-0.2, -0.15) is 0 Å². The van der Waals surface area contributed by atoms with Gasteiger partial charge in [0, 0.05) is 13.6 Å². The van der Waals surface area contributed by atoms with Gasteiger partial charge < -0.3 is 10.6 Å². The van der Waals surface area contributed by atoms with Crippen molar-refractivity contribution < 1.29 is 4.79 Å². The van der Waals surface area contributed by atoms with Gasteiger partial charge in [0.1, 0.15) is 0 Å². The molecule has 0 aromatic rings. The lowest BCUT2D eigenvalue weighted by Gasteiger charge is -2.20. The molecule has 0 aliphatic heterocycles. The van der Waals surface area contributed by atoms with Gasteiger partial charge >= 0.3 is 0 Å². The summed E-state index contributed by atoms with van der Waals surface area (Å²) < 4.78 is 0. The van der Waals surface area contributed by atoms with Gasteiger partial charge in [-0.15, -0.1) is 0 Å². The van der Waals surface area contributed by atoms with Crippen molar-refractivity contribution in [2.75, 3.05) is 20.1 Å². The van der Waals surface area contributed by atoms with Crippen molar-refractivity contribution in [3.63, 3.8) is 0 Å². The Kier molecular flexibility index (Phi) is 2.18. The van der Waals surface area contributed by atoms with Crippen LogP contribution in [0.15, 0.2) is 0 Å². The fourth-order valence-electron chi connectivity index (χ4n) is 1.19. The molecule has 0 atom stereocenters. The SMILES string of the molecule is CN(CC1(C)CC1)C(=O)CN. The summed E-state index contributed by atoms with van der Waals surface area (Å²) in [5, 5.41) is 0. The quantitative estimate of drug-likeness (QED) is 0.634. The molecule has 11 heavy (non-hydrogen) atoms. The van der Waals surface area contributed by atoms with Crippen molar-refractivity contribution in [1.29, 1.82) is 0 Å². The molecule has 0 aromatic heterocycles. The Hall–Kier alpha value is -0.570. The number of rotatable bonds is 3. The molecule has 1 fully saturated rings. The maximum absolute atomic E-state index is 11.0. The van der Waals surface area contributed by atoms with E-state index < -0.39 is 0 Å². The first-order chi connectivity index (χ1) is 5.07. The predicted molar refractivity (Wildman–Crippen MR) is 44.0 cm³/mol. The van der Waals surface area contributed by atoms with Gasteiger partial charge in [0.15, 0.2) is 0 Å². The molecule has 0 aromatic carbocycles. The topological polar surface area (TPSA) is 46.3 Å². The fraction of sp³-hybridized carbons (Fsp3) is 0.875. The summed E-state index contributed by atoms with van der Waals surface area (Å²) in [5.74, 6) is 0.0399. The van der Waals surface area contributed by atoms with Gasteiger partial charge in [-0.3, -0.25) is 4.79 Å². The van der Waals surface area contributed by atoms with Crippen LogP contribution in [0.4, 0.5) is 0 Å². The Morgan fingerprint density at radius 3 is 2.55 bits per heavy atom. The molecule has 1 aliphatic carbocycles. The molecule has 0 heterocycles. The number of likely N-dealkylation sites (N-methyl/N-ethyl adjacent to an activating group) is 1. The van der Waals surface area contributed by atoms with Gasteiger partial charge in [0.2, 0.25) is 5.91 Å². The standard InChI is InChI=1S/C8H16N2O/c1-8(3-4-8)6-10(2)7(11)5-9/h3-6,9H2,1-2H3. The highest BCUT2D eigenvalue weighted by Crippen LogP contribution is 2.45. The van der Waals surface area contributed by atoms with Crippen molar-refractivity contribution in [1.82, 2.24) is 4.90 Å². The Labute approximate surface area is 67.5 Å². The van der Waals surface area contributed by atoms with Crippen LogP contribution in [0.5, 0.6) is 0 Å². The monoisotopic (exact) mass is 156 g/mol. The molecule has 0 unspecified atom stereocenters. The lowest BCUT2D eigenvalue weighted by Crippen LogP contribution is -2.36. The molecule has 1 amide bonds. The summed E-state index contributed by atoms with van der Waals surface area (Å²) in [6.07, 6.45) is 2.49. The fourth-order valence-corrected chi connectivity index (χ4v) is 1.19. The maximum Gasteiger partial charge on any atom is 0.236 e. The first kappa shape index (κ1) is 8.53. The van der Waals surface area contributed by atoms with E-state index in [2.05, 4.69) is 6.92 Å². The smallest absolute Gasteiger partial charge is 0.236 e. The number of nitrogens with two attached hydrogens (primary N) is 1. The Balaban J connectivity index is 2.31. The first-order valence-corrected chi connectivity index (χ1v) is 4.01. The van der Waals surface area contributed by atoms with Crippen LogP contribution < -0.4 is 5.73 Å². The molecule has 3 heteroatoms. The molecule has 3 nitrogen and oxygen atoms in total. The van der Waals surface area contributed by atoms with Crippen molar-refractivity contribution >= 4 is 5.91 Å².